The SMILES string of the molecule is O=C(Nc1cnccn1)N1CCN(Cc2cccc(OC(F)(F)F)c2)CC1.O=C(O)C(F)(F)F. The van der Waals surface area contributed by atoms with Crippen LogP contribution in [0, 0.1) is 0 Å². The Balaban J connectivity index is 0.000000509. The van der Waals surface area contributed by atoms with E-state index in [0.717, 1.165) is 0 Å². The molecule has 1 aromatic carbocycles. The number of amides is 2. The van der Waals surface area contributed by atoms with Gasteiger partial charge in [-0.05, 0) is 17.7 Å². The fourth-order valence-corrected chi connectivity index (χ4v) is 2.76. The second-order valence-corrected chi connectivity index (χ2v) is 6.78. The molecule has 0 bridgehead atoms. The van der Waals surface area contributed by atoms with Crippen LogP contribution >= 0.6 is 0 Å². The molecule has 2 heterocycles. The lowest BCUT2D eigenvalue weighted by atomic mass is 10.2. The van der Waals surface area contributed by atoms with Crippen molar-refractivity contribution in [3.8, 4) is 5.75 Å². The van der Waals surface area contributed by atoms with Gasteiger partial charge in [0.2, 0.25) is 0 Å². The zero-order chi connectivity index (χ0) is 25.4. The molecular weight excluding hydrogens is 476 g/mol. The molecule has 0 unspecified atom stereocenters. The molecular formula is C19H19F6N5O4. The maximum Gasteiger partial charge on any atom is 0.573 e. The van der Waals surface area contributed by atoms with E-state index in [1.54, 1.807) is 11.0 Å². The van der Waals surface area contributed by atoms with Gasteiger partial charge >= 0.3 is 24.5 Å². The van der Waals surface area contributed by atoms with Crippen LogP contribution in [0.3, 0.4) is 0 Å². The van der Waals surface area contributed by atoms with Crippen molar-refractivity contribution >= 4 is 17.8 Å². The molecule has 0 atom stereocenters. The number of benzene rings is 1. The Morgan fingerprint density at radius 3 is 2.24 bits per heavy atom. The largest absolute Gasteiger partial charge is 0.573 e. The highest BCUT2D eigenvalue weighted by atomic mass is 19.4. The summed E-state index contributed by atoms with van der Waals surface area (Å²) in [5, 5.41) is 9.80. The van der Waals surface area contributed by atoms with Crippen molar-refractivity contribution in [2.75, 3.05) is 31.5 Å². The summed E-state index contributed by atoms with van der Waals surface area (Å²) in [6.45, 7) is 2.71. The van der Waals surface area contributed by atoms with Crippen molar-refractivity contribution in [3.05, 3.63) is 48.4 Å². The highest BCUT2D eigenvalue weighted by Crippen LogP contribution is 2.24. The van der Waals surface area contributed by atoms with Gasteiger partial charge in [0.05, 0.1) is 6.20 Å². The van der Waals surface area contributed by atoms with Gasteiger partial charge in [0.25, 0.3) is 0 Å². The molecule has 186 valence electrons. The summed E-state index contributed by atoms with van der Waals surface area (Å²) in [6.07, 6.45) is -5.32. The minimum Gasteiger partial charge on any atom is -0.475 e. The van der Waals surface area contributed by atoms with Gasteiger partial charge in [-0.3, -0.25) is 15.2 Å². The van der Waals surface area contributed by atoms with Crippen LogP contribution in [0.2, 0.25) is 0 Å². The maximum absolute atomic E-state index is 12.3. The number of ether oxygens (including phenoxy) is 1. The molecule has 1 aliphatic rings. The standard InChI is InChI=1S/C17H18F3N5O2.C2HF3O2/c18-17(19,20)27-14-3-1-2-13(10-14)12-24-6-8-25(9-7-24)16(26)23-15-11-21-4-5-22-15;3-2(4,5)1(6)7/h1-5,10-11H,6-9,12H2,(H,22,23,26);(H,6,7). The lowest BCUT2D eigenvalue weighted by Crippen LogP contribution is -2.49. The molecule has 0 radical (unpaired) electrons. The van der Waals surface area contributed by atoms with E-state index in [2.05, 4.69) is 24.9 Å². The van der Waals surface area contributed by atoms with Crippen LogP contribution in [0.1, 0.15) is 5.56 Å². The molecule has 2 aromatic rings. The molecule has 0 saturated carbocycles. The molecule has 1 aromatic heterocycles. The summed E-state index contributed by atoms with van der Waals surface area (Å²) in [5.74, 6) is -2.61. The number of carboxylic acid groups (broad SMARTS) is 1. The lowest BCUT2D eigenvalue weighted by Gasteiger charge is -2.34. The van der Waals surface area contributed by atoms with Gasteiger partial charge in [-0.15, -0.1) is 13.2 Å². The third-order valence-corrected chi connectivity index (χ3v) is 4.24. The molecule has 0 spiro atoms. The van der Waals surface area contributed by atoms with Crippen LogP contribution in [-0.2, 0) is 11.3 Å². The van der Waals surface area contributed by atoms with Gasteiger partial charge < -0.3 is 14.7 Å². The monoisotopic (exact) mass is 495 g/mol. The number of carbonyl (C=O) groups is 2. The number of nitrogens with one attached hydrogen (secondary N) is 1. The van der Waals surface area contributed by atoms with E-state index in [0.29, 0.717) is 44.1 Å². The van der Waals surface area contributed by atoms with Crippen molar-refractivity contribution in [2.45, 2.75) is 19.1 Å². The molecule has 2 N–H and O–H groups in total. The maximum atomic E-state index is 12.3. The third kappa shape index (κ3) is 9.48. The topological polar surface area (TPSA) is 108 Å². The smallest absolute Gasteiger partial charge is 0.475 e. The average Bonchev–Trinajstić information content (AvgIpc) is 2.74. The summed E-state index contributed by atoms with van der Waals surface area (Å²) in [7, 11) is 0. The molecule has 1 aliphatic heterocycles. The van der Waals surface area contributed by atoms with E-state index in [1.165, 1.54) is 36.8 Å². The number of hydrogen-bond acceptors (Lipinski definition) is 6. The van der Waals surface area contributed by atoms with Crippen LogP contribution in [0.15, 0.2) is 42.9 Å². The van der Waals surface area contributed by atoms with E-state index >= 15 is 0 Å². The molecule has 1 fully saturated rings. The Morgan fingerprint density at radius 2 is 1.71 bits per heavy atom. The number of aromatic nitrogens is 2. The Bertz CT molecular complexity index is 950. The first-order valence-electron chi connectivity index (χ1n) is 9.52. The molecule has 34 heavy (non-hydrogen) atoms. The molecule has 3 rings (SSSR count). The zero-order valence-electron chi connectivity index (χ0n) is 17.3. The number of urea groups is 1. The Hall–Kier alpha value is -3.62. The van der Waals surface area contributed by atoms with E-state index in [1.807, 2.05) is 0 Å². The number of alkyl halides is 6. The molecule has 15 heteroatoms. The first-order chi connectivity index (χ1) is 15.8. The number of carbonyl (C=O) groups excluding carboxylic acids is 1. The number of rotatable bonds is 4. The van der Waals surface area contributed by atoms with Crippen molar-refractivity contribution in [2.24, 2.45) is 0 Å². The van der Waals surface area contributed by atoms with Crippen molar-refractivity contribution in [1.82, 2.24) is 19.8 Å². The van der Waals surface area contributed by atoms with Gasteiger partial charge in [0.15, 0.2) is 5.82 Å². The summed E-state index contributed by atoms with van der Waals surface area (Å²) < 4.78 is 72.6. The first-order valence-corrected chi connectivity index (χ1v) is 9.52. The van der Waals surface area contributed by atoms with Gasteiger partial charge in [-0.25, -0.2) is 14.6 Å². The first kappa shape index (κ1) is 26.6. The van der Waals surface area contributed by atoms with Crippen molar-refractivity contribution in [3.63, 3.8) is 0 Å². The van der Waals surface area contributed by atoms with Crippen LogP contribution in [0.5, 0.6) is 5.75 Å². The van der Waals surface area contributed by atoms with E-state index < -0.39 is 18.5 Å². The number of anilines is 1. The van der Waals surface area contributed by atoms with E-state index in [9.17, 15) is 31.1 Å². The van der Waals surface area contributed by atoms with Gasteiger partial charge in [-0.1, -0.05) is 12.1 Å². The molecule has 0 aliphatic carbocycles. The minimum absolute atomic E-state index is 0.234. The predicted molar refractivity (Wildman–Crippen MR) is 105 cm³/mol. The van der Waals surface area contributed by atoms with Crippen LogP contribution in [-0.4, -0.2) is 75.6 Å². The Morgan fingerprint density at radius 1 is 1.06 bits per heavy atom. The predicted octanol–water partition coefficient (Wildman–Crippen LogP) is 3.36. The Labute approximate surface area is 189 Å². The van der Waals surface area contributed by atoms with E-state index in [4.69, 9.17) is 9.90 Å². The number of nitrogens with zero attached hydrogens (tertiary/aromatic N) is 4. The summed E-state index contributed by atoms with van der Waals surface area (Å²) in [6, 6.07) is 5.67. The highest BCUT2D eigenvalue weighted by Gasteiger charge is 2.38. The minimum atomic E-state index is -5.08. The fraction of sp³-hybridized carbons (Fsp3) is 0.368. The van der Waals surface area contributed by atoms with Crippen LogP contribution in [0.25, 0.3) is 0 Å². The van der Waals surface area contributed by atoms with Crippen molar-refractivity contribution in [1.29, 1.82) is 0 Å². The summed E-state index contributed by atoms with van der Waals surface area (Å²) >= 11 is 0. The molecule has 2 amide bonds. The second-order valence-electron chi connectivity index (χ2n) is 6.78. The van der Waals surface area contributed by atoms with Crippen LogP contribution in [0.4, 0.5) is 37.0 Å². The number of aliphatic carboxylic acids is 1. The average molecular weight is 495 g/mol. The van der Waals surface area contributed by atoms with Crippen molar-refractivity contribution < 1.29 is 45.8 Å². The van der Waals surface area contributed by atoms with Gasteiger partial charge in [-0.2, -0.15) is 13.2 Å². The normalized spacial score (nSPS) is 14.6. The second kappa shape index (κ2) is 11.5. The lowest BCUT2D eigenvalue weighted by molar-refractivity contribution is -0.274. The number of piperazine rings is 1. The quantitative estimate of drug-likeness (QED) is 0.627. The number of carboxylic acids is 1. The summed E-state index contributed by atoms with van der Waals surface area (Å²) in [4.78, 5) is 32.7. The van der Waals surface area contributed by atoms with Gasteiger partial charge in [0, 0.05) is 45.1 Å². The highest BCUT2D eigenvalue weighted by molar-refractivity contribution is 5.88. The zero-order valence-corrected chi connectivity index (χ0v) is 17.3. The third-order valence-electron chi connectivity index (χ3n) is 4.24. The van der Waals surface area contributed by atoms with E-state index in [-0.39, 0.29) is 11.8 Å². The Kier molecular flexibility index (Phi) is 9.00. The molecule has 1 saturated heterocycles. The molecule has 9 nitrogen and oxygen atoms in total. The number of hydrogen-bond donors (Lipinski definition) is 2. The number of halogens is 6. The van der Waals surface area contributed by atoms with Gasteiger partial charge in [0.1, 0.15) is 5.75 Å². The van der Waals surface area contributed by atoms with Crippen LogP contribution < -0.4 is 10.1 Å². The summed E-state index contributed by atoms with van der Waals surface area (Å²) in [5.41, 5.74) is 0.717. The fourth-order valence-electron chi connectivity index (χ4n) is 2.76.